The van der Waals surface area contributed by atoms with E-state index in [2.05, 4.69) is 9.97 Å². The molecule has 2 nitrogen and oxygen atoms in total. The summed E-state index contributed by atoms with van der Waals surface area (Å²) in [4.78, 5) is 8.03. The lowest BCUT2D eigenvalue weighted by molar-refractivity contribution is 1.29. The quantitative estimate of drug-likeness (QED) is 0.609. The third-order valence-electron chi connectivity index (χ3n) is 1.52. The molecule has 2 heterocycles. The molecular weight excluding hydrogens is 195 g/mol. The number of hydrogen-bond donors (Lipinski definition) is 0. The van der Waals surface area contributed by atoms with Crippen molar-refractivity contribution in [1.82, 2.24) is 9.97 Å². The van der Waals surface area contributed by atoms with Gasteiger partial charge in [-0.15, -0.1) is 0 Å². The summed E-state index contributed by atoms with van der Waals surface area (Å²) in [6.45, 7) is 0. The summed E-state index contributed by atoms with van der Waals surface area (Å²) in [6.07, 6.45) is 1.61. The van der Waals surface area contributed by atoms with Crippen LogP contribution in [0.3, 0.4) is 0 Å². The van der Waals surface area contributed by atoms with Crippen LogP contribution < -0.4 is 0 Å². The van der Waals surface area contributed by atoms with Gasteiger partial charge in [0.05, 0.1) is 5.02 Å². The highest BCUT2D eigenvalue weighted by Crippen LogP contribution is 2.20. The minimum atomic E-state index is 0.428. The standard InChI is InChI=1S/C8H4Cl2N2/c9-6-3-4-11-8-5(6)1-2-7(10)12-8/h1-4H. The van der Waals surface area contributed by atoms with E-state index in [4.69, 9.17) is 23.2 Å². The summed E-state index contributed by atoms with van der Waals surface area (Å²) >= 11 is 11.6. The number of aromatic nitrogens is 2. The van der Waals surface area contributed by atoms with Crippen LogP contribution in [0.25, 0.3) is 11.0 Å². The van der Waals surface area contributed by atoms with Gasteiger partial charge in [-0.2, -0.15) is 0 Å². The monoisotopic (exact) mass is 198 g/mol. The minimum Gasteiger partial charge on any atom is -0.236 e. The van der Waals surface area contributed by atoms with E-state index in [0.29, 0.717) is 15.8 Å². The first-order chi connectivity index (χ1) is 5.77. The number of hydrogen-bond acceptors (Lipinski definition) is 2. The molecule has 2 aromatic rings. The number of rotatable bonds is 0. The minimum absolute atomic E-state index is 0.428. The van der Waals surface area contributed by atoms with Crippen LogP contribution in [0.1, 0.15) is 0 Å². The molecule has 0 saturated heterocycles. The molecule has 12 heavy (non-hydrogen) atoms. The molecule has 0 N–H and O–H groups in total. The van der Waals surface area contributed by atoms with Crippen molar-refractivity contribution in [2.45, 2.75) is 0 Å². The Morgan fingerprint density at radius 2 is 1.92 bits per heavy atom. The maximum absolute atomic E-state index is 5.89. The predicted molar refractivity (Wildman–Crippen MR) is 49.6 cm³/mol. The van der Waals surface area contributed by atoms with Crippen molar-refractivity contribution in [3.8, 4) is 0 Å². The van der Waals surface area contributed by atoms with Gasteiger partial charge in [-0.3, -0.25) is 0 Å². The zero-order valence-corrected chi connectivity index (χ0v) is 7.47. The van der Waals surface area contributed by atoms with Gasteiger partial charge in [-0.25, -0.2) is 9.97 Å². The molecule has 0 unspecified atom stereocenters. The molecule has 60 valence electrons. The van der Waals surface area contributed by atoms with Gasteiger partial charge < -0.3 is 0 Å². The fourth-order valence-corrected chi connectivity index (χ4v) is 1.32. The third kappa shape index (κ3) is 1.24. The summed E-state index contributed by atoms with van der Waals surface area (Å²) < 4.78 is 0. The van der Waals surface area contributed by atoms with Crippen molar-refractivity contribution < 1.29 is 0 Å². The molecule has 0 atom stereocenters. The third-order valence-corrected chi connectivity index (χ3v) is 2.06. The van der Waals surface area contributed by atoms with Crippen LogP contribution in [0.15, 0.2) is 24.4 Å². The van der Waals surface area contributed by atoms with Crippen LogP contribution in [0, 0.1) is 0 Å². The molecule has 2 rings (SSSR count). The molecule has 0 spiro atoms. The number of nitrogens with zero attached hydrogens (tertiary/aromatic N) is 2. The molecule has 0 aliphatic carbocycles. The van der Waals surface area contributed by atoms with Crippen LogP contribution >= 0.6 is 23.2 Å². The molecule has 2 aromatic heterocycles. The van der Waals surface area contributed by atoms with E-state index in [1.807, 2.05) is 0 Å². The summed E-state index contributed by atoms with van der Waals surface area (Å²) in [5.41, 5.74) is 0.579. The molecule has 0 bridgehead atoms. The van der Waals surface area contributed by atoms with Gasteiger partial charge in [-0.1, -0.05) is 23.2 Å². The zero-order chi connectivity index (χ0) is 8.55. The van der Waals surface area contributed by atoms with E-state index < -0.39 is 0 Å². The largest absolute Gasteiger partial charge is 0.236 e. The second-order valence-electron chi connectivity index (χ2n) is 2.30. The zero-order valence-electron chi connectivity index (χ0n) is 5.96. The first-order valence-corrected chi connectivity index (χ1v) is 4.10. The SMILES string of the molecule is Clc1ccc2c(Cl)ccnc2n1. The van der Waals surface area contributed by atoms with Gasteiger partial charge in [0.15, 0.2) is 5.65 Å². The van der Waals surface area contributed by atoms with Crippen molar-refractivity contribution in [2.75, 3.05) is 0 Å². The van der Waals surface area contributed by atoms with E-state index in [1.54, 1.807) is 24.4 Å². The topological polar surface area (TPSA) is 25.8 Å². The van der Waals surface area contributed by atoms with Crippen molar-refractivity contribution in [3.63, 3.8) is 0 Å². The van der Waals surface area contributed by atoms with Crippen LogP contribution in [0.4, 0.5) is 0 Å². The lowest BCUT2D eigenvalue weighted by atomic mass is 10.3. The summed E-state index contributed by atoms with van der Waals surface area (Å²) in [6, 6.07) is 5.22. The highest BCUT2D eigenvalue weighted by Gasteiger charge is 2.00. The molecule has 0 aliphatic heterocycles. The average Bonchev–Trinajstić information content (AvgIpc) is 2.04. The maximum Gasteiger partial charge on any atom is 0.162 e. The predicted octanol–water partition coefficient (Wildman–Crippen LogP) is 2.94. The first kappa shape index (κ1) is 7.77. The van der Waals surface area contributed by atoms with Crippen LogP contribution in [0.2, 0.25) is 10.2 Å². The number of fused-ring (bicyclic) bond motifs is 1. The van der Waals surface area contributed by atoms with Crippen molar-refractivity contribution in [1.29, 1.82) is 0 Å². The fraction of sp³-hybridized carbons (Fsp3) is 0. The molecule has 0 aliphatic rings. The van der Waals surface area contributed by atoms with Gasteiger partial charge in [0, 0.05) is 11.6 Å². The lowest BCUT2D eigenvalue weighted by Gasteiger charge is -1.97. The highest BCUT2D eigenvalue weighted by atomic mass is 35.5. The fourth-order valence-electron chi connectivity index (χ4n) is 0.973. The van der Waals surface area contributed by atoms with E-state index in [1.165, 1.54) is 0 Å². The van der Waals surface area contributed by atoms with E-state index >= 15 is 0 Å². The normalized spacial score (nSPS) is 10.5. The Bertz CT molecular complexity index is 428. The van der Waals surface area contributed by atoms with Gasteiger partial charge in [0.1, 0.15) is 5.15 Å². The highest BCUT2D eigenvalue weighted by molar-refractivity contribution is 6.35. The molecule has 0 radical (unpaired) electrons. The molecule has 0 amide bonds. The van der Waals surface area contributed by atoms with E-state index in [0.717, 1.165) is 5.39 Å². The van der Waals surface area contributed by atoms with Crippen molar-refractivity contribution >= 4 is 34.2 Å². The summed E-state index contributed by atoms with van der Waals surface area (Å²) in [5.74, 6) is 0. The molecule has 4 heteroatoms. The Labute approximate surface area is 79.2 Å². The Morgan fingerprint density at radius 3 is 2.75 bits per heavy atom. The lowest BCUT2D eigenvalue weighted by Crippen LogP contribution is -1.83. The molecule has 0 saturated carbocycles. The molecule has 0 aromatic carbocycles. The Balaban J connectivity index is 2.86. The number of pyridine rings is 2. The van der Waals surface area contributed by atoms with Gasteiger partial charge in [-0.05, 0) is 18.2 Å². The average molecular weight is 199 g/mol. The van der Waals surface area contributed by atoms with Crippen LogP contribution in [0.5, 0.6) is 0 Å². The summed E-state index contributed by atoms with van der Waals surface area (Å²) in [5, 5.41) is 1.89. The Morgan fingerprint density at radius 1 is 1.08 bits per heavy atom. The maximum atomic E-state index is 5.89. The van der Waals surface area contributed by atoms with Crippen molar-refractivity contribution in [2.24, 2.45) is 0 Å². The first-order valence-electron chi connectivity index (χ1n) is 3.34. The van der Waals surface area contributed by atoms with Crippen molar-refractivity contribution in [3.05, 3.63) is 34.6 Å². The Kier molecular flexibility index (Phi) is 1.87. The number of halogens is 2. The smallest absolute Gasteiger partial charge is 0.162 e. The van der Waals surface area contributed by atoms with Crippen LogP contribution in [-0.4, -0.2) is 9.97 Å². The van der Waals surface area contributed by atoms with Gasteiger partial charge in [0.2, 0.25) is 0 Å². The Hall–Kier alpha value is -0.860. The van der Waals surface area contributed by atoms with E-state index in [-0.39, 0.29) is 0 Å². The van der Waals surface area contributed by atoms with Gasteiger partial charge in [0.25, 0.3) is 0 Å². The molecular formula is C8H4Cl2N2. The second kappa shape index (κ2) is 2.88. The van der Waals surface area contributed by atoms with Gasteiger partial charge >= 0.3 is 0 Å². The second-order valence-corrected chi connectivity index (χ2v) is 3.09. The van der Waals surface area contributed by atoms with Crippen LogP contribution in [-0.2, 0) is 0 Å². The molecule has 0 fully saturated rings. The van der Waals surface area contributed by atoms with E-state index in [9.17, 15) is 0 Å². The summed E-state index contributed by atoms with van der Waals surface area (Å²) in [7, 11) is 0.